The summed E-state index contributed by atoms with van der Waals surface area (Å²) >= 11 is 0. The van der Waals surface area contributed by atoms with Gasteiger partial charge in [-0.15, -0.1) is 0 Å². The summed E-state index contributed by atoms with van der Waals surface area (Å²) < 4.78 is 10.7. The first-order valence-corrected chi connectivity index (χ1v) is 7.78. The minimum atomic E-state index is -0.410. The fourth-order valence-electron chi connectivity index (χ4n) is 2.31. The van der Waals surface area contributed by atoms with Crippen molar-refractivity contribution in [2.24, 2.45) is 0 Å². The average Bonchev–Trinajstić information content (AvgIpc) is 3.18. The third kappa shape index (κ3) is 4.27. The van der Waals surface area contributed by atoms with Crippen LogP contribution >= 0.6 is 0 Å². The zero-order valence-corrected chi connectivity index (χ0v) is 13.4. The fraction of sp³-hybridized carbons (Fsp3) is 0.100. The molecule has 0 aliphatic carbocycles. The van der Waals surface area contributed by atoms with E-state index in [1.165, 1.54) is 0 Å². The Kier molecular flexibility index (Phi) is 5.13. The van der Waals surface area contributed by atoms with E-state index in [1.54, 1.807) is 42.7 Å². The van der Waals surface area contributed by atoms with Crippen LogP contribution in [0.4, 0.5) is 5.69 Å². The Bertz CT molecular complexity index is 878. The number of hydrogen-bond donors (Lipinski definition) is 1. The normalized spacial score (nSPS) is 10.0. The number of furan rings is 1. The predicted octanol–water partition coefficient (Wildman–Crippen LogP) is 4.12. The summed E-state index contributed by atoms with van der Waals surface area (Å²) in [5.41, 5.74) is 2.54. The molecule has 0 saturated carbocycles. The smallest absolute Gasteiger partial charge is 0.340 e. The van der Waals surface area contributed by atoms with Gasteiger partial charge < -0.3 is 14.5 Å². The molecule has 0 aliphatic heterocycles. The number of rotatable bonds is 6. The Balaban J connectivity index is 1.64. The van der Waals surface area contributed by atoms with Gasteiger partial charge >= 0.3 is 5.97 Å². The van der Waals surface area contributed by atoms with Gasteiger partial charge in [-0.05, 0) is 42.0 Å². The lowest BCUT2D eigenvalue weighted by Crippen LogP contribution is -2.09. The SMILES string of the molecule is N#Cc1ccc(COC(=O)c2ccccc2NCc2ccco2)cc1. The molecule has 0 unspecified atom stereocenters. The van der Waals surface area contributed by atoms with Gasteiger partial charge in [-0.2, -0.15) is 5.26 Å². The highest BCUT2D eigenvalue weighted by atomic mass is 16.5. The first-order chi connectivity index (χ1) is 12.3. The summed E-state index contributed by atoms with van der Waals surface area (Å²) in [4.78, 5) is 12.4. The van der Waals surface area contributed by atoms with Crippen LogP contribution in [0.15, 0.2) is 71.3 Å². The molecule has 124 valence electrons. The maximum atomic E-state index is 12.4. The maximum Gasteiger partial charge on any atom is 0.340 e. The van der Waals surface area contributed by atoms with Crippen molar-refractivity contribution >= 4 is 11.7 Å². The first-order valence-electron chi connectivity index (χ1n) is 7.78. The summed E-state index contributed by atoms with van der Waals surface area (Å²) in [6.07, 6.45) is 1.61. The van der Waals surface area contributed by atoms with Gasteiger partial charge in [0.05, 0.1) is 30.0 Å². The second-order valence-electron chi connectivity index (χ2n) is 5.36. The first kappa shape index (κ1) is 16.3. The van der Waals surface area contributed by atoms with E-state index in [2.05, 4.69) is 11.4 Å². The molecular formula is C20H16N2O3. The quantitative estimate of drug-likeness (QED) is 0.687. The zero-order valence-electron chi connectivity index (χ0n) is 13.4. The number of hydrogen-bond acceptors (Lipinski definition) is 5. The molecule has 3 aromatic rings. The standard InChI is InChI=1S/C20H16N2O3/c21-12-15-7-9-16(10-8-15)14-25-20(23)18-5-1-2-6-19(18)22-13-17-4-3-11-24-17/h1-11,22H,13-14H2. The molecule has 0 radical (unpaired) electrons. The molecule has 5 heteroatoms. The molecule has 0 fully saturated rings. The van der Waals surface area contributed by atoms with Crippen molar-refractivity contribution in [1.82, 2.24) is 0 Å². The molecule has 5 nitrogen and oxygen atoms in total. The largest absolute Gasteiger partial charge is 0.467 e. The molecule has 0 saturated heterocycles. The van der Waals surface area contributed by atoms with Crippen LogP contribution in [0.1, 0.15) is 27.2 Å². The van der Waals surface area contributed by atoms with Gasteiger partial charge in [-0.1, -0.05) is 24.3 Å². The Morgan fingerprint density at radius 2 is 1.88 bits per heavy atom. The van der Waals surface area contributed by atoms with Gasteiger partial charge in [-0.3, -0.25) is 0 Å². The summed E-state index contributed by atoms with van der Waals surface area (Å²) in [7, 11) is 0. The maximum absolute atomic E-state index is 12.4. The highest BCUT2D eigenvalue weighted by Gasteiger charge is 2.12. The third-order valence-corrected chi connectivity index (χ3v) is 3.63. The monoisotopic (exact) mass is 332 g/mol. The average molecular weight is 332 g/mol. The Hall–Kier alpha value is -3.52. The van der Waals surface area contributed by atoms with E-state index >= 15 is 0 Å². The number of anilines is 1. The van der Waals surface area contributed by atoms with Crippen molar-refractivity contribution in [2.75, 3.05) is 5.32 Å². The molecular weight excluding hydrogens is 316 g/mol. The molecule has 0 atom stereocenters. The number of nitriles is 1. The third-order valence-electron chi connectivity index (χ3n) is 3.63. The lowest BCUT2D eigenvalue weighted by molar-refractivity contribution is 0.0474. The van der Waals surface area contributed by atoms with Crippen LogP contribution in [-0.4, -0.2) is 5.97 Å². The van der Waals surface area contributed by atoms with E-state index in [4.69, 9.17) is 14.4 Å². The molecule has 25 heavy (non-hydrogen) atoms. The van der Waals surface area contributed by atoms with Gasteiger partial charge in [0.25, 0.3) is 0 Å². The van der Waals surface area contributed by atoms with Crippen LogP contribution < -0.4 is 5.32 Å². The van der Waals surface area contributed by atoms with Gasteiger partial charge in [0, 0.05) is 5.69 Å². The molecule has 1 N–H and O–H groups in total. The molecule has 1 heterocycles. The number of carbonyl (C=O) groups excluding carboxylic acids is 1. The Morgan fingerprint density at radius 3 is 2.60 bits per heavy atom. The van der Waals surface area contributed by atoms with Crippen LogP contribution in [0.3, 0.4) is 0 Å². The van der Waals surface area contributed by atoms with Crippen molar-refractivity contribution in [3.63, 3.8) is 0 Å². The van der Waals surface area contributed by atoms with E-state index in [1.807, 2.05) is 24.3 Å². The van der Waals surface area contributed by atoms with E-state index in [0.29, 0.717) is 23.4 Å². The summed E-state index contributed by atoms with van der Waals surface area (Å²) in [5, 5.41) is 12.0. The van der Waals surface area contributed by atoms with Crippen molar-refractivity contribution in [2.45, 2.75) is 13.2 Å². The number of esters is 1. The van der Waals surface area contributed by atoms with Crippen LogP contribution in [-0.2, 0) is 17.9 Å². The highest BCUT2D eigenvalue weighted by Crippen LogP contribution is 2.18. The van der Waals surface area contributed by atoms with Crippen LogP contribution in [0.5, 0.6) is 0 Å². The molecule has 1 aromatic heterocycles. The van der Waals surface area contributed by atoms with Crippen molar-refractivity contribution in [1.29, 1.82) is 5.26 Å². The van der Waals surface area contributed by atoms with E-state index < -0.39 is 5.97 Å². The Morgan fingerprint density at radius 1 is 1.08 bits per heavy atom. The van der Waals surface area contributed by atoms with Gasteiger partial charge in [0.2, 0.25) is 0 Å². The van der Waals surface area contributed by atoms with Crippen molar-refractivity contribution in [3.05, 3.63) is 89.4 Å². The number of para-hydroxylation sites is 1. The molecule has 0 bridgehead atoms. The number of benzene rings is 2. The molecule has 2 aromatic carbocycles. The number of carbonyl (C=O) groups is 1. The van der Waals surface area contributed by atoms with Gasteiger partial charge in [-0.25, -0.2) is 4.79 Å². The molecule has 3 rings (SSSR count). The second kappa shape index (κ2) is 7.84. The van der Waals surface area contributed by atoms with Gasteiger partial charge in [0.1, 0.15) is 12.4 Å². The number of ether oxygens (including phenoxy) is 1. The van der Waals surface area contributed by atoms with Gasteiger partial charge in [0.15, 0.2) is 0 Å². The van der Waals surface area contributed by atoms with E-state index in [9.17, 15) is 4.79 Å². The van der Waals surface area contributed by atoms with Crippen molar-refractivity contribution < 1.29 is 13.9 Å². The second-order valence-corrected chi connectivity index (χ2v) is 5.36. The van der Waals surface area contributed by atoms with E-state index in [0.717, 1.165) is 11.3 Å². The van der Waals surface area contributed by atoms with Crippen molar-refractivity contribution in [3.8, 4) is 6.07 Å². The minimum absolute atomic E-state index is 0.150. The molecule has 0 amide bonds. The predicted molar refractivity (Wildman–Crippen MR) is 92.8 cm³/mol. The summed E-state index contributed by atoms with van der Waals surface area (Å²) in [6.45, 7) is 0.629. The summed E-state index contributed by atoms with van der Waals surface area (Å²) in [6, 6.07) is 19.8. The van der Waals surface area contributed by atoms with Crippen LogP contribution in [0.2, 0.25) is 0 Å². The zero-order chi connectivity index (χ0) is 17.5. The topological polar surface area (TPSA) is 75.3 Å². The number of nitrogens with zero attached hydrogens (tertiary/aromatic N) is 1. The fourth-order valence-corrected chi connectivity index (χ4v) is 2.31. The van der Waals surface area contributed by atoms with Crippen LogP contribution in [0, 0.1) is 11.3 Å². The highest BCUT2D eigenvalue weighted by molar-refractivity contribution is 5.95. The minimum Gasteiger partial charge on any atom is -0.467 e. The summed E-state index contributed by atoms with van der Waals surface area (Å²) in [5.74, 6) is 0.368. The lowest BCUT2D eigenvalue weighted by atomic mass is 10.1. The Labute approximate surface area is 145 Å². The number of nitrogens with one attached hydrogen (secondary N) is 1. The molecule has 0 aliphatic rings. The molecule has 0 spiro atoms. The lowest BCUT2D eigenvalue weighted by Gasteiger charge is -2.11. The van der Waals surface area contributed by atoms with Crippen LogP contribution in [0.25, 0.3) is 0 Å². The van der Waals surface area contributed by atoms with E-state index in [-0.39, 0.29) is 6.61 Å².